The highest BCUT2D eigenvalue weighted by Crippen LogP contribution is 2.47. The normalized spacial score (nSPS) is 16.6. The second-order valence-corrected chi connectivity index (χ2v) is 9.17. The first-order valence-corrected chi connectivity index (χ1v) is 11.0. The molecule has 0 aliphatic heterocycles. The quantitative estimate of drug-likeness (QED) is 0.382. The first-order valence-electron chi connectivity index (χ1n) is 11.0. The number of rotatable bonds is 5. The van der Waals surface area contributed by atoms with Gasteiger partial charge in [0.05, 0.1) is 16.6 Å². The molecule has 0 spiro atoms. The number of aromatic nitrogens is 4. The molecule has 6 rings (SSSR count). The second kappa shape index (κ2) is 7.24. The minimum atomic E-state index is -0.850. The summed E-state index contributed by atoms with van der Waals surface area (Å²) in [7, 11) is 0. The van der Waals surface area contributed by atoms with Crippen molar-refractivity contribution in [1.29, 1.82) is 0 Å². The van der Waals surface area contributed by atoms with Crippen LogP contribution >= 0.6 is 0 Å². The van der Waals surface area contributed by atoms with E-state index in [9.17, 15) is 4.79 Å². The minimum absolute atomic E-state index is 0.0148. The predicted molar refractivity (Wildman–Crippen MR) is 121 cm³/mol. The summed E-state index contributed by atoms with van der Waals surface area (Å²) in [5, 5.41) is 9.29. The third kappa shape index (κ3) is 3.44. The number of carbonyl (C=O) groups excluding carboxylic acids is 1. The smallest absolute Gasteiger partial charge is 0.326 e. The summed E-state index contributed by atoms with van der Waals surface area (Å²) in [5.41, 5.74) is 7.29. The predicted octanol–water partition coefficient (Wildman–Crippen LogP) is 4.98. The van der Waals surface area contributed by atoms with Crippen LogP contribution in [-0.2, 0) is 5.41 Å². The van der Waals surface area contributed by atoms with Crippen molar-refractivity contribution in [2.75, 3.05) is 16.4 Å². The number of hydrogen-bond donors (Lipinski definition) is 3. The van der Waals surface area contributed by atoms with E-state index in [-0.39, 0.29) is 40.0 Å². The van der Waals surface area contributed by atoms with Crippen molar-refractivity contribution in [3.05, 3.63) is 48.1 Å². The summed E-state index contributed by atoms with van der Waals surface area (Å²) in [6.07, 6.45) is 6.93. The molecule has 174 valence electrons. The van der Waals surface area contributed by atoms with Crippen molar-refractivity contribution < 1.29 is 18.1 Å². The molecule has 2 amide bonds. The highest BCUT2D eigenvalue weighted by atomic mass is 19.1. The van der Waals surface area contributed by atoms with Crippen LogP contribution in [0, 0.1) is 11.6 Å². The van der Waals surface area contributed by atoms with Gasteiger partial charge in [-0.05, 0) is 37.8 Å². The van der Waals surface area contributed by atoms with E-state index in [1.165, 1.54) is 6.33 Å². The maximum Gasteiger partial charge on any atom is 0.326 e. The lowest BCUT2D eigenvalue weighted by molar-refractivity contribution is 0.261. The number of anilines is 3. The third-order valence-electron chi connectivity index (χ3n) is 6.51. The van der Waals surface area contributed by atoms with Gasteiger partial charge in [0.1, 0.15) is 29.4 Å². The van der Waals surface area contributed by atoms with Gasteiger partial charge in [-0.2, -0.15) is 0 Å². The van der Waals surface area contributed by atoms with Gasteiger partial charge in [0.25, 0.3) is 0 Å². The Morgan fingerprint density at radius 3 is 2.59 bits per heavy atom. The monoisotopic (exact) mass is 465 g/mol. The summed E-state index contributed by atoms with van der Waals surface area (Å²) in [4.78, 5) is 20.6. The van der Waals surface area contributed by atoms with Crippen molar-refractivity contribution in [2.24, 2.45) is 0 Å². The Hall–Kier alpha value is -4.02. The molecule has 4 N–H and O–H groups in total. The zero-order valence-electron chi connectivity index (χ0n) is 18.2. The van der Waals surface area contributed by atoms with E-state index in [4.69, 9.17) is 10.3 Å². The number of nitrogens with two attached hydrogens (primary N) is 1. The Morgan fingerprint density at radius 2 is 1.91 bits per heavy atom. The van der Waals surface area contributed by atoms with Gasteiger partial charge < -0.3 is 20.1 Å². The number of carbonyl (C=O) groups is 1. The molecule has 3 heterocycles. The Labute approximate surface area is 192 Å². The number of benzene rings is 1. The van der Waals surface area contributed by atoms with Crippen molar-refractivity contribution in [1.82, 2.24) is 19.7 Å². The number of urea groups is 1. The number of halogens is 2. The molecule has 0 radical (unpaired) electrons. The average molecular weight is 465 g/mol. The molecule has 34 heavy (non-hydrogen) atoms. The Morgan fingerprint density at radius 1 is 1.18 bits per heavy atom. The fourth-order valence-corrected chi connectivity index (χ4v) is 4.17. The van der Waals surface area contributed by atoms with Gasteiger partial charge in [-0.25, -0.2) is 23.5 Å². The molecule has 2 fully saturated rings. The van der Waals surface area contributed by atoms with Crippen LogP contribution in [-0.4, -0.2) is 25.7 Å². The van der Waals surface area contributed by atoms with Crippen LogP contribution in [0.15, 0.2) is 35.2 Å². The summed E-state index contributed by atoms with van der Waals surface area (Å²) in [5.74, 6) is -1.40. The van der Waals surface area contributed by atoms with Crippen molar-refractivity contribution in [2.45, 2.75) is 44.1 Å². The minimum Gasteiger partial charge on any atom is -0.383 e. The first-order chi connectivity index (χ1) is 16.3. The lowest BCUT2D eigenvalue weighted by atomic mass is 10.0. The molecule has 4 aromatic rings. The molecule has 0 saturated heterocycles. The summed E-state index contributed by atoms with van der Waals surface area (Å²) in [6, 6.07) is 3.27. The zero-order chi connectivity index (χ0) is 23.6. The molecule has 0 unspecified atom stereocenters. The maximum absolute atomic E-state index is 15.2. The van der Waals surface area contributed by atoms with E-state index >= 15 is 8.78 Å². The fourth-order valence-electron chi connectivity index (χ4n) is 4.17. The van der Waals surface area contributed by atoms with E-state index in [0.29, 0.717) is 11.0 Å². The van der Waals surface area contributed by atoms with Crippen LogP contribution in [0.4, 0.5) is 31.0 Å². The highest BCUT2D eigenvalue weighted by molar-refractivity contribution is 6.02. The molecular weight excluding hydrogens is 444 g/mol. The molecule has 11 heteroatoms. The van der Waals surface area contributed by atoms with Gasteiger partial charge in [-0.15, -0.1) is 0 Å². The number of nitrogens with zero attached hydrogens (tertiary/aromatic N) is 4. The van der Waals surface area contributed by atoms with Gasteiger partial charge in [0, 0.05) is 35.0 Å². The Kier molecular flexibility index (Phi) is 4.38. The number of nitrogen functional groups attached to an aromatic ring is 1. The van der Waals surface area contributed by atoms with Crippen LogP contribution in [0.1, 0.15) is 44.3 Å². The summed E-state index contributed by atoms with van der Waals surface area (Å²) < 4.78 is 37.4. The van der Waals surface area contributed by atoms with Gasteiger partial charge in [0.15, 0.2) is 0 Å². The number of nitrogens with one attached hydrogen (secondary N) is 2. The number of hydrogen-bond acceptors (Lipinski definition) is 6. The van der Waals surface area contributed by atoms with E-state index in [1.807, 2.05) is 4.57 Å². The standard InChI is InChI=1S/C23H21F2N7O2/c1-23(4-5-23)16-8-17(34-31-16)30-22(33)29-11-6-14(24)18(15(25)7-11)13-9-32(12-2-3-12)21-19(13)20(26)27-10-28-21/h6-10,12H,2-5H2,1H3,(H2,26,27,28)(H2,29,30,33). The fraction of sp³-hybridized carbons (Fsp3) is 0.304. The molecule has 2 aliphatic carbocycles. The highest BCUT2D eigenvalue weighted by Gasteiger charge is 2.42. The average Bonchev–Trinajstić information content (AvgIpc) is 3.68. The number of amides is 2. The van der Waals surface area contributed by atoms with E-state index in [2.05, 4.69) is 32.7 Å². The van der Waals surface area contributed by atoms with Crippen LogP contribution in [0.2, 0.25) is 0 Å². The van der Waals surface area contributed by atoms with Gasteiger partial charge >= 0.3 is 6.03 Å². The molecular formula is C23H21F2N7O2. The first kappa shape index (κ1) is 20.6. The molecule has 2 saturated carbocycles. The third-order valence-corrected chi connectivity index (χ3v) is 6.51. The number of fused-ring (bicyclic) bond motifs is 1. The Bertz CT molecular complexity index is 1430. The molecule has 1 aromatic carbocycles. The van der Waals surface area contributed by atoms with Gasteiger partial charge in [-0.3, -0.25) is 5.32 Å². The SMILES string of the molecule is CC1(c2cc(NC(=O)Nc3cc(F)c(-c4cn(C5CC5)c5ncnc(N)c45)c(F)c3)on2)CC1. The lowest BCUT2D eigenvalue weighted by Gasteiger charge is -2.09. The largest absolute Gasteiger partial charge is 0.383 e. The topological polar surface area (TPSA) is 124 Å². The van der Waals surface area contributed by atoms with Crippen molar-refractivity contribution in [3.8, 4) is 11.1 Å². The van der Waals surface area contributed by atoms with Crippen LogP contribution in [0.3, 0.4) is 0 Å². The van der Waals surface area contributed by atoms with E-state index in [0.717, 1.165) is 43.5 Å². The zero-order valence-corrected chi connectivity index (χ0v) is 18.2. The van der Waals surface area contributed by atoms with E-state index in [1.54, 1.807) is 12.3 Å². The maximum atomic E-state index is 15.2. The molecule has 9 nitrogen and oxygen atoms in total. The van der Waals surface area contributed by atoms with Crippen molar-refractivity contribution in [3.63, 3.8) is 0 Å². The molecule has 0 atom stereocenters. The van der Waals surface area contributed by atoms with Gasteiger partial charge in [-0.1, -0.05) is 12.1 Å². The molecule has 2 aliphatic rings. The summed E-state index contributed by atoms with van der Waals surface area (Å²) >= 11 is 0. The summed E-state index contributed by atoms with van der Waals surface area (Å²) in [6.45, 7) is 2.06. The Balaban J connectivity index is 1.28. The van der Waals surface area contributed by atoms with Crippen molar-refractivity contribution >= 4 is 34.5 Å². The van der Waals surface area contributed by atoms with Gasteiger partial charge in [0.2, 0.25) is 5.88 Å². The molecule has 3 aromatic heterocycles. The van der Waals surface area contributed by atoms with Crippen LogP contribution in [0.5, 0.6) is 0 Å². The van der Waals surface area contributed by atoms with Crippen LogP contribution in [0.25, 0.3) is 22.2 Å². The second-order valence-electron chi connectivity index (χ2n) is 9.17. The van der Waals surface area contributed by atoms with Crippen LogP contribution < -0.4 is 16.4 Å². The molecule has 0 bridgehead atoms. The van der Waals surface area contributed by atoms with E-state index < -0.39 is 17.7 Å². The lowest BCUT2D eigenvalue weighted by Crippen LogP contribution is -2.19.